The first-order valence-electron chi connectivity index (χ1n) is 8.22. The van der Waals surface area contributed by atoms with Crippen molar-refractivity contribution in [3.63, 3.8) is 0 Å². The molecule has 3 nitrogen and oxygen atoms in total. The summed E-state index contributed by atoms with van der Waals surface area (Å²) in [5.74, 6) is 0.274. The first-order valence-corrected chi connectivity index (χ1v) is 8.22. The number of hydrogen-bond acceptors (Lipinski definition) is 3. The molecule has 1 heterocycles. The Bertz CT molecular complexity index is 612. The molecule has 1 aliphatic rings. The van der Waals surface area contributed by atoms with Gasteiger partial charge in [0.1, 0.15) is 0 Å². The number of morpholine rings is 1. The molecule has 1 aliphatic heterocycles. The molecule has 0 bridgehead atoms. The van der Waals surface area contributed by atoms with E-state index in [9.17, 15) is 4.79 Å². The molecule has 0 aromatic heterocycles. The van der Waals surface area contributed by atoms with E-state index >= 15 is 0 Å². The third-order valence-electron chi connectivity index (χ3n) is 4.29. The highest BCUT2D eigenvalue weighted by Gasteiger charge is 2.24. The SMILES string of the molecule is O=C(Cc1ccccc1)CN1CCOCC1Cc1ccccc1. The molecule has 23 heavy (non-hydrogen) atoms. The minimum atomic E-state index is 0.274. The molecule has 120 valence electrons. The number of benzene rings is 2. The van der Waals surface area contributed by atoms with E-state index in [1.54, 1.807) is 0 Å². The summed E-state index contributed by atoms with van der Waals surface area (Å²) in [7, 11) is 0. The zero-order valence-electron chi connectivity index (χ0n) is 13.4. The minimum absolute atomic E-state index is 0.274. The highest BCUT2D eigenvalue weighted by atomic mass is 16.5. The summed E-state index contributed by atoms with van der Waals surface area (Å²) in [6.07, 6.45) is 1.44. The molecular formula is C20H23NO2. The minimum Gasteiger partial charge on any atom is -0.378 e. The summed E-state index contributed by atoms with van der Waals surface area (Å²) in [5, 5.41) is 0. The van der Waals surface area contributed by atoms with Gasteiger partial charge < -0.3 is 4.74 Å². The van der Waals surface area contributed by atoms with Crippen molar-refractivity contribution in [3.8, 4) is 0 Å². The van der Waals surface area contributed by atoms with Crippen molar-refractivity contribution in [1.82, 2.24) is 4.90 Å². The molecule has 3 heteroatoms. The van der Waals surface area contributed by atoms with Crippen LogP contribution in [0.2, 0.25) is 0 Å². The summed E-state index contributed by atoms with van der Waals surface area (Å²) in [5.41, 5.74) is 2.38. The van der Waals surface area contributed by atoms with Gasteiger partial charge in [-0.2, -0.15) is 0 Å². The summed E-state index contributed by atoms with van der Waals surface area (Å²) >= 11 is 0. The van der Waals surface area contributed by atoms with Crippen molar-refractivity contribution in [2.24, 2.45) is 0 Å². The van der Waals surface area contributed by atoms with Gasteiger partial charge in [0.15, 0.2) is 5.78 Å². The number of hydrogen-bond donors (Lipinski definition) is 0. The Kier molecular flexibility index (Phi) is 5.56. The second kappa shape index (κ2) is 8.04. The van der Waals surface area contributed by atoms with Crippen molar-refractivity contribution in [3.05, 3.63) is 71.8 Å². The summed E-state index contributed by atoms with van der Waals surface area (Å²) in [6.45, 7) is 2.76. The predicted octanol–water partition coefficient (Wildman–Crippen LogP) is 2.74. The molecule has 2 aromatic carbocycles. The van der Waals surface area contributed by atoms with Crippen LogP contribution in [0, 0.1) is 0 Å². The van der Waals surface area contributed by atoms with E-state index in [-0.39, 0.29) is 11.8 Å². The molecule has 0 N–H and O–H groups in total. The van der Waals surface area contributed by atoms with Gasteiger partial charge in [-0.05, 0) is 17.5 Å². The number of nitrogens with zero attached hydrogens (tertiary/aromatic N) is 1. The Morgan fingerprint density at radius 2 is 1.65 bits per heavy atom. The van der Waals surface area contributed by atoms with E-state index < -0.39 is 0 Å². The van der Waals surface area contributed by atoms with Crippen LogP contribution in [0.5, 0.6) is 0 Å². The standard InChI is InChI=1S/C20H23NO2/c22-20(14-18-9-5-2-6-10-18)15-21-11-12-23-16-19(21)13-17-7-3-1-4-8-17/h1-10,19H,11-16H2. The summed E-state index contributed by atoms with van der Waals surface area (Å²) in [6, 6.07) is 20.7. The average molecular weight is 309 g/mol. The van der Waals surface area contributed by atoms with Crippen molar-refractivity contribution >= 4 is 5.78 Å². The number of carbonyl (C=O) groups is 1. The van der Waals surface area contributed by atoms with Crippen LogP contribution in [0.15, 0.2) is 60.7 Å². The van der Waals surface area contributed by atoms with Gasteiger partial charge in [-0.25, -0.2) is 0 Å². The molecule has 1 fully saturated rings. The Balaban J connectivity index is 1.59. The lowest BCUT2D eigenvalue weighted by atomic mass is 10.0. The molecule has 1 unspecified atom stereocenters. The Morgan fingerprint density at radius 1 is 1.00 bits per heavy atom. The largest absolute Gasteiger partial charge is 0.378 e. The number of rotatable bonds is 6. The van der Waals surface area contributed by atoms with E-state index in [1.165, 1.54) is 5.56 Å². The van der Waals surface area contributed by atoms with Crippen LogP contribution in [0.1, 0.15) is 11.1 Å². The lowest BCUT2D eigenvalue weighted by Gasteiger charge is -2.35. The maximum absolute atomic E-state index is 12.4. The van der Waals surface area contributed by atoms with Gasteiger partial charge in [-0.3, -0.25) is 9.69 Å². The zero-order chi connectivity index (χ0) is 15.9. The summed E-state index contributed by atoms with van der Waals surface area (Å²) < 4.78 is 5.63. The van der Waals surface area contributed by atoms with Crippen LogP contribution < -0.4 is 0 Å². The van der Waals surface area contributed by atoms with Crippen LogP contribution >= 0.6 is 0 Å². The lowest BCUT2D eigenvalue weighted by molar-refractivity contribution is -0.121. The van der Waals surface area contributed by atoms with Crippen LogP contribution in [0.25, 0.3) is 0 Å². The third kappa shape index (κ3) is 4.75. The molecule has 0 radical (unpaired) electrons. The van der Waals surface area contributed by atoms with Gasteiger partial charge in [-0.15, -0.1) is 0 Å². The van der Waals surface area contributed by atoms with E-state index in [0.717, 1.165) is 18.5 Å². The monoisotopic (exact) mass is 309 g/mol. The highest BCUT2D eigenvalue weighted by Crippen LogP contribution is 2.14. The molecule has 0 aliphatic carbocycles. The van der Waals surface area contributed by atoms with Crippen molar-refractivity contribution < 1.29 is 9.53 Å². The predicted molar refractivity (Wildman–Crippen MR) is 91.5 cm³/mol. The van der Waals surface area contributed by atoms with Crippen molar-refractivity contribution in [2.45, 2.75) is 18.9 Å². The smallest absolute Gasteiger partial charge is 0.151 e. The van der Waals surface area contributed by atoms with Crippen molar-refractivity contribution in [1.29, 1.82) is 0 Å². The highest BCUT2D eigenvalue weighted by molar-refractivity contribution is 5.82. The number of ether oxygens (including phenoxy) is 1. The van der Waals surface area contributed by atoms with Crippen LogP contribution in [-0.2, 0) is 22.4 Å². The van der Waals surface area contributed by atoms with E-state index in [1.807, 2.05) is 36.4 Å². The van der Waals surface area contributed by atoms with Gasteiger partial charge in [0.25, 0.3) is 0 Å². The second-order valence-corrected chi connectivity index (χ2v) is 6.09. The van der Waals surface area contributed by atoms with Gasteiger partial charge >= 0.3 is 0 Å². The van der Waals surface area contributed by atoms with Gasteiger partial charge in [0.2, 0.25) is 0 Å². The lowest BCUT2D eigenvalue weighted by Crippen LogP contribution is -2.48. The fraction of sp³-hybridized carbons (Fsp3) is 0.350. The molecule has 0 amide bonds. The van der Waals surface area contributed by atoms with Gasteiger partial charge in [-0.1, -0.05) is 60.7 Å². The number of carbonyl (C=O) groups excluding carboxylic acids is 1. The van der Waals surface area contributed by atoms with Crippen LogP contribution in [0.4, 0.5) is 0 Å². The molecule has 2 aromatic rings. The third-order valence-corrected chi connectivity index (χ3v) is 4.29. The normalized spacial score (nSPS) is 18.7. The van der Waals surface area contributed by atoms with Crippen LogP contribution in [0.3, 0.4) is 0 Å². The summed E-state index contributed by atoms with van der Waals surface area (Å²) in [4.78, 5) is 14.7. The first-order chi connectivity index (χ1) is 11.3. The molecule has 0 saturated carbocycles. The molecule has 1 atom stereocenters. The van der Waals surface area contributed by atoms with Crippen LogP contribution in [-0.4, -0.2) is 43.0 Å². The molecular weight excluding hydrogens is 286 g/mol. The van der Waals surface area contributed by atoms with Gasteiger partial charge in [0, 0.05) is 19.0 Å². The van der Waals surface area contributed by atoms with E-state index in [4.69, 9.17) is 4.74 Å². The fourth-order valence-electron chi connectivity index (χ4n) is 3.08. The first kappa shape index (κ1) is 15.9. The van der Waals surface area contributed by atoms with E-state index in [2.05, 4.69) is 29.2 Å². The topological polar surface area (TPSA) is 29.5 Å². The average Bonchev–Trinajstić information content (AvgIpc) is 2.58. The number of Topliss-reactive ketones (excluding diaryl/α,β-unsaturated/α-hetero) is 1. The quantitative estimate of drug-likeness (QED) is 0.822. The van der Waals surface area contributed by atoms with E-state index in [0.29, 0.717) is 26.2 Å². The maximum Gasteiger partial charge on any atom is 0.151 e. The fourth-order valence-corrected chi connectivity index (χ4v) is 3.08. The zero-order valence-corrected chi connectivity index (χ0v) is 13.4. The Morgan fingerprint density at radius 3 is 2.35 bits per heavy atom. The molecule has 0 spiro atoms. The Hall–Kier alpha value is -1.97. The maximum atomic E-state index is 12.4. The number of ketones is 1. The van der Waals surface area contributed by atoms with Crippen molar-refractivity contribution in [2.75, 3.05) is 26.3 Å². The van der Waals surface area contributed by atoms with Gasteiger partial charge in [0.05, 0.1) is 19.8 Å². The molecule has 3 rings (SSSR count). The Labute approximate surface area is 137 Å². The molecule has 1 saturated heterocycles. The second-order valence-electron chi connectivity index (χ2n) is 6.09.